The molecule has 0 amide bonds. The van der Waals surface area contributed by atoms with E-state index in [-0.39, 0.29) is 41.3 Å². The van der Waals surface area contributed by atoms with Gasteiger partial charge in [0.1, 0.15) is 0 Å². The summed E-state index contributed by atoms with van der Waals surface area (Å²) in [4.78, 5) is 11.9. The first-order valence-corrected chi connectivity index (χ1v) is 18.9. The average Bonchev–Trinajstić information content (AvgIpc) is 3.17. The van der Waals surface area contributed by atoms with Crippen LogP contribution in [0.2, 0.25) is 18.1 Å². The fraction of sp³-hybridized carbons (Fsp3) is 0.906. The van der Waals surface area contributed by atoms with E-state index in [9.17, 15) is 15.0 Å². The molecule has 7 heteroatoms. The van der Waals surface area contributed by atoms with Crippen LogP contribution in [-0.4, -0.2) is 56.2 Å². The minimum Gasteiger partial charge on any atom is -0.481 e. The molecule has 2 aliphatic carbocycles. The highest BCUT2D eigenvalue weighted by molar-refractivity contribution is 6.74. The van der Waals surface area contributed by atoms with Crippen molar-refractivity contribution in [2.75, 3.05) is 13.2 Å². The maximum atomic E-state index is 11.9. The Balaban J connectivity index is 1.55. The Labute approximate surface area is 239 Å². The van der Waals surface area contributed by atoms with Crippen LogP contribution in [0.15, 0.2) is 12.2 Å². The second-order valence-corrected chi connectivity index (χ2v) is 18.8. The zero-order valence-corrected chi connectivity index (χ0v) is 26.5. The number of aliphatic carboxylic acids is 1. The molecule has 39 heavy (non-hydrogen) atoms. The third-order valence-corrected chi connectivity index (χ3v) is 14.7. The van der Waals surface area contributed by atoms with Crippen LogP contribution in [0.4, 0.5) is 0 Å². The van der Waals surface area contributed by atoms with Gasteiger partial charge in [0, 0.05) is 19.6 Å². The van der Waals surface area contributed by atoms with Crippen molar-refractivity contribution in [3.63, 3.8) is 0 Å². The summed E-state index contributed by atoms with van der Waals surface area (Å²) >= 11 is 0. The van der Waals surface area contributed by atoms with Crippen molar-refractivity contribution in [2.24, 2.45) is 23.7 Å². The highest BCUT2D eigenvalue weighted by Crippen LogP contribution is 2.42. The second kappa shape index (κ2) is 15.5. The van der Waals surface area contributed by atoms with Gasteiger partial charge in [0.25, 0.3) is 0 Å². The van der Waals surface area contributed by atoms with Gasteiger partial charge >= 0.3 is 5.97 Å². The number of aliphatic hydroxyl groups is 1. The Morgan fingerprint density at radius 1 is 1.05 bits per heavy atom. The van der Waals surface area contributed by atoms with Crippen LogP contribution in [0.3, 0.4) is 0 Å². The molecular weight excluding hydrogens is 508 g/mol. The first-order chi connectivity index (χ1) is 18.5. The molecule has 3 aliphatic rings. The zero-order chi connectivity index (χ0) is 28.5. The molecule has 0 aromatic heterocycles. The smallest absolute Gasteiger partial charge is 0.306 e. The summed E-state index contributed by atoms with van der Waals surface area (Å²) in [5.74, 6) is -0.108. The lowest BCUT2D eigenvalue weighted by atomic mass is 9.78. The van der Waals surface area contributed by atoms with Crippen molar-refractivity contribution >= 4 is 14.3 Å². The van der Waals surface area contributed by atoms with E-state index in [4.69, 9.17) is 13.9 Å². The summed E-state index contributed by atoms with van der Waals surface area (Å²) in [6, 6.07) is 0. The van der Waals surface area contributed by atoms with Crippen LogP contribution in [0.25, 0.3) is 0 Å². The zero-order valence-electron chi connectivity index (χ0n) is 25.5. The number of allylic oxidation sites excluding steroid dienone is 2. The second-order valence-electron chi connectivity index (χ2n) is 14.0. The summed E-state index contributed by atoms with van der Waals surface area (Å²) in [6.45, 7) is 12.9. The Hall–Kier alpha value is -0.733. The van der Waals surface area contributed by atoms with Crippen LogP contribution in [-0.2, 0) is 18.7 Å². The Morgan fingerprint density at radius 3 is 2.41 bits per heavy atom. The topological polar surface area (TPSA) is 85.2 Å². The van der Waals surface area contributed by atoms with E-state index in [2.05, 4.69) is 46.0 Å². The van der Waals surface area contributed by atoms with Gasteiger partial charge in [-0.1, -0.05) is 52.2 Å². The van der Waals surface area contributed by atoms with Gasteiger partial charge in [-0.05, 0) is 100 Å². The molecule has 2 N–H and O–H groups in total. The van der Waals surface area contributed by atoms with Crippen molar-refractivity contribution < 1.29 is 28.9 Å². The summed E-state index contributed by atoms with van der Waals surface area (Å²) in [5.41, 5.74) is 0. The summed E-state index contributed by atoms with van der Waals surface area (Å²) in [6.07, 6.45) is 17.6. The lowest BCUT2D eigenvalue weighted by Crippen LogP contribution is -2.41. The predicted molar refractivity (Wildman–Crippen MR) is 159 cm³/mol. The van der Waals surface area contributed by atoms with Crippen molar-refractivity contribution in [2.45, 2.75) is 147 Å². The van der Waals surface area contributed by atoms with Crippen LogP contribution in [0.5, 0.6) is 0 Å². The molecule has 6 atom stereocenters. The standard InChI is InChI=1S/C32H58O6Si/c1-32(2,3)39(4,5)37-22-14-19-27-26(28(33)23-29(27)38-30-20-12-13-21-36-30)18-11-7-10-17-25(31(34)35)24-15-8-6-9-16-24/h7,11,24-30,33H,6,8-10,12-23H2,1-5H3,(H,34,35)/b11-7-/t25?,26-,27-,28+,29?,30?/m1/s1. The molecule has 0 bridgehead atoms. The van der Waals surface area contributed by atoms with Crippen molar-refractivity contribution in [1.29, 1.82) is 0 Å². The van der Waals surface area contributed by atoms with Crippen LogP contribution in [0, 0.1) is 23.7 Å². The number of hydrogen-bond acceptors (Lipinski definition) is 5. The molecule has 2 saturated carbocycles. The van der Waals surface area contributed by atoms with E-state index in [1.165, 1.54) is 19.3 Å². The number of carboxylic acid groups (broad SMARTS) is 1. The molecule has 1 saturated heterocycles. The van der Waals surface area contributed by atoms with E-state index < -0.39 is 14.3 Å². The van der Waals surface area contributed by atoms with E-state index >= 15 is 0 Å². The minimum absolute atomic E-state index is 0.0112. The molecule has 1 aliphatic heterocycles. The number of ether oxygens (including phenoxy) is 2. The van der Waals surface area contributed by atoms with E-state index in [1.807, 2.05) is 0 Å². The third kappa shape index (κ3) is 9.95. The SMILES string of the molecule is CC(C)(C)[Si](C)(C)OCCC[C@H]1C(OC2CCCCO2)C[C@H](O)[C@@H]1C/C=C\CCC(C(=O)O)C1CCCCC1. The van der Waals surface area contributed by atoms with E-state index in [0.717, 1.165) is 71.0 Å². The van der Waals surface area contributed by atoms with Crippen LogP contribution in [0.1, 0.15) is 111 Å². The molecule has 0 aromatic carbocycles. The molecule has 6 nitrogen and oxygen atoms in total. The number of rotatable bonds is 14. The van der Waals surface area contributed by atoms with E-state index in [0.29, 0.717) is 18.8 Å². The quantitative estimate of drug-likeness (QED) is 0.127. The number of carbonyl (C=O) groups is 1. The fourth-order valence-corrected chi connectivity index (χ4v) is 7.75. The maximum absolute atomic E-state index is 11.9. The summed E-state index contributed by atoms with van der Waals surface area (Å²) < 4.78 is 18.8. The molecule has 0 spiro atoms. The van der Waals surface area contributed by atoms with Crippen molar-refractivity contribution in [1.82, 2.24) is 0 Å². The lowest BCUT2D eigenvalue weighted by molar-refractivity contribution is -0.196. The van der Waals surface area contributed by atoms with Gasteiger partial charge < -0.3 is 24.1 Å². The monoisotopic (exact) mass is 566 g/mol. The van der Waals surface area contributed by atoms with Gasteiger partial charge in [-0.2, -0.15) is 0 Å². The number of carboxylic acids is 1. The van der Waals surface area contributed by atoms with Gasteiger partial charge in [0.05, 0.1) is 18.1 Å². The highest BCUT2D eigenvalue weighted by Gasteiger charge is 2.43. The first kappa shape index (κ1) is 32.8. The first-order valence-electron chi connectivity index (χ1n) is 16.0. The van der Waals surface area contributed by atoms with Gasteiger partial charge in [0.2, 0.25) is 0 Å². The molecular formula is C32H58O6Si. The third-order valence-electron chi connectivity index (χ3n) is 10.2. The van der Waals surface area contributed by atoms with Gasteiger partial charge in [0.15, 0.2) is 14.6 Å². The largest absolute Gasteiger partial charge is 0.481 e. The molecule has 1 heterocycles. The predicted octanol–water partition coefficient (Wildman–Crippen LogP) is 7.70. The fourth-order valence-electron chi connectivity index (χ4n) is 6.66. The van der Waals surface area contributed by atoms with Crippen molar-refractivity contribution in [3.05, 3.63) is 12.2 Å². The normalized spacial score (nSPS) is 30.2. The van der Waals surface area contributed by atoms with Crippen LogP contribution < -0.4 is 0 Å². The van der Waals surface area contributed by atoms with Gasteiger partial charge in [-0.25, -0.2) is 0 Å². The molecule has 3 unspecified atom stereocenters. The molecule has 3 fully saturated rings. The maximum Gasteiger partial charge on any atom is 0.306 e. The van der Waals surface area contributed by atoms with Crippen molar-refractivity contribution in [3.8, 4) is 0 Å². The Kier molecular flexibility index (Phi) is 13.0. The molecule has 0 radical (unpaired) electrons. The lowest BCUT2D eigenvalue weighted by Gasteiger charge is -2.36. The van der Waals surface area contributed by atoms with Gasteiger partial charge in [-0.15, -0.1) is 0 Å². The van der Waals surface area contributed by atoms with E-state index in [1.54, 1.807) is 0 Å². The molecule has 0 aromatic rings. The molecule has 226 valence electrons. The molecule has 3 rings (SSSR count). The highest BCUT2D eigenvalue weighted by atomic mass is 28.4. The van der Waals surface area contributed by atoms with Gasteiger partial charge in [-0.3, -0.25) is 4.79 Å². The summed E-state index contributed by atoms with van der Waals surface area (Å²) in [7, 11) is -1.78. The average molecular weight is 567 g/mol. The Bertz CT molecular complexity index is 750. The number of hydrogen-bond donors (Lipinski definition) is 2. The number of aliphatic hydroxyl groups excluding tert-OH is 1. The summed E-state index contributed by atoms with van der Waals surface area (Å²) in [5, 5.41) is 21.1. The minimum atomic E-state index is -1.78. The van der Waals surface area contributed by atoms with Crippen LogP contribution >= 0.6 is 0 Å². The Morgan fingerprint density at radius 2 is 1.77 bits per heavy atom.